The lowest BCUT2D eigenvalue weighted by molar-refractivity contribution is -0.384. The first-order valence-corrected chi connectivity index (χ1v) is 6.30. The molecule has 0 saturated heterocycles. The summed E-state index contributed by atoms with van der Waals surface area (Å²) in [6.07, 6.45) is 0.653. The Morgan fingerprint density at radius 1 is 1.56 bits per heavy atom. The van der Waals surface area contributed by atoms with Crippen molar-refractivity contribution in [3.8, 4) is 0 Å². The van der Waals surface area contributed by atoms with E-state index < -0.39 is 4.92 Å². The lowest BCUT2D eigenvalue weighted by atomic mass is 10.0. The zero-order valence-corrected chi connectivity index (χ0v) is 12.2. The molecule has 0 saturated carbocycles. The molecule has 1 aromatic carbocycles. The number of nitrogens with zero attached hydrogens (tertiary/aromatic N) is 1. The SMILES string of the molecule is CC/C(=C(/C)ON)c1cc(I)c(N)c([N+](=O)[O-])c1. The minimum Gasteiger partial charge on any atom is -0.416 e. The van der Waals surface area contributed by atoms with Crippen LogP contribution in [-0.2, 0) is 4.84 Å². The highest BCUT2D eigenvalue weighted by Gasteiger charge is 2.18. The van der Waals surface area contributed by atoms with Crippen LogP contribution in [0.5, 0.6) is 0 Å². The van der Waals surface area contributed by atoms with Gasteiger partial charge in [-0.2, -0.15) is 5.90 Å². The Bertz CT molecular complexity index is 515. The van der Waals surface area contributed by atoms with Crippen molar-refractivity contribution in [1.29, 1.82) is 0 Å². The second-order valence-electron chi connectivity index (χ2n) is 3.65. The van der Waals surface area contributed by atoms with Crippen molar-refractivity contribution in [2.45, 2.75) is 20.3 Å². The van der Waals surface area contributed by atoms with E-state index in [1.807, 2.05) is 29.5 Å². The molecule has 0 bridgehead atoms. The predicted octanol–water partition coefficient (Wildman–Crippen LogP) is 2.81. The van der Waals surface area contributed by atoms with Gasteiger partial charge in [0.05, 0.1) is 4.92 Å². The van der Waals surface area contributed by atoms with E-state index in [1.54, 1.807) is 13.0 Å². The third-order valence-electron chi connectivity index (χ3n) is 2.61. The van der Waals surface area contributed by atoms with Gasteiger partial charge in [0, 0.05) is 9.64 Å². The minimum atomic E-state index is -0.493. The first-order valence-electron chi connectivity index (χ1n) is 5.22. The molecule has 4 N–H and O–H groups in total. The molecule has 98 valence electrons. The summed E-state index contributed by atoms with van der Waals surface area (Å²) in [6.45, 7) is 3.64. The Balaban J connectivity index is 3.48. The highest BCUT2D eigenvalue weighted by atomic mass is 127. The van der Waals surface area contributed by atoms with Crippen LogP contribution in [0.2, 0.25) is 0 Å². The zero-order valence-electron chi connectivity index (χ0n) is 10.1. The van der Waals surface area contributed by atoms with Crippen LogP contribution in [-0.4, -0.2) is 4.92 Å². The summed E-state index contributed by atoms with van der Waals surface area (Å²) in [4.78, 5) is 15.1. The molecule has 0 amide bonds. The second kappa shape index (κ2) is 6.01. The van der Waals surface area contributed by atoms with Crippen LogP contribution in [0.3, 0.4) is 0 Å². The Hall–Kier alpha value is -1.35. The van der Waals surface area contributed by atoms with Crippen molar-refractivity contribution < 1.29 is 9.76 Å². The van der Waals surface area contributed by atoms with Gasteiger partial charge in [-0.1, -0.05) is 6.92 Å². The Kier molecular flexibility index (Phi) is 4.91. The van der Waals surface area contributed by atoms with Crippen LogP contribution < -0.4 is 11.6 Å². The maximum absolute atomic E-state index is 10.9. The molecule has 1 aromatic rings. The van der Waals surface area contributed by atoms with Crippen LogP contribution >= 0.6 is 22.6 Å². The summed E-state index contributed by atoms with van der Waals surface area (Å²) in [5.41, 5.74) is 7.27. The predicted molar refractivity (Wildman–Crippen MR) is 78.4 cm³/mol. The molecule has 18 heavy (non-hydrogen) atoms. The maximum Gasteiger partial charge on any atom is 0.293 e. The lowest BCUT2D eigenvalue weighted by Gasteiger charge is -2.10. The van der Waals surface area contributed by atoms with Gasteiger partial charge in [0.15, 0.2) is 0 Å². The molecule has 7 heteroatoms. The molecule has 0 aliphatic rings. The Labute approximate surface area is 118 Å². The fraction of sp³-hybridized carbons (Fsp3) is 0.273. The van der Waals surface area contributed by atoms with Gasteiger partial charge in [-0.05, 0) is 53.1 Å². The topological polar surface area (TPSA) is 104 Å². The van der Waals surface area contributed by atoms with E-state index in [0.29, 0.717) is 21.3 Å². The molecule has 0 unspecified atom stereocenters. The van der Waals surface area contributed by atoms with Crippen LogP contribution in [0, 0.1) is 13.7 Å². The zero-order chi connectivity index (χ0) is 13.9. The Morgan fingerprint density at radius 2 is 2.17 bits per heavy atom. The van der Waals surface area contributed by atoms with Gasteiger partial charge in [-0.3, -0.25) is 10.1 Å². The molecule has 0 atom stereocenters. The number of hydrogen-bond acceptors (Lipinski definition) is 5. The van der Waals surface area contributed by atoms with E-state index in [4.69, 9.17) is 16.5 Å². The summed E-state index contributed by atoms with van der Waals surface area (Å²) in [5, 5.41) is 10.9. The van der Waals surface area contributed by atoms with Crippen LogP contribution in [0.4, 0.5) is 11.4 Å². The summed E-state index contributed by atoms with van der Waals surface area (Å²) < 4.78 is 0.632. The van der Waals surface area contributed by atoms with Gasteiger partial charge in [0.2, 0.25) is 0 Å². The number of benzene rings is 1. The standard InChI is InChI=1S/C11H14IN3O3/c1-3-8(6(2)18-14)7-4-9(12)11(13)10(5-7)15(16)17/h4-5H,3,13-14H2,1-2H3/b8-6+. The minimum absolute atomic E-state index is 0.104. The molecule has 0 aliphatic carbocycles. The summed E-state index contributed by atoms with van der Waals surface area (Å²) in [6, 6.07) is 3.23. The van der Waals surface area contributed by atoms with E-state index in [0.717, 1.165) is 5.57 Å². The second-order valence-corrected chi connectivity index (χ2v) is 4.82. The van der Waals surface area contributed by atoms with E-state index in [2.05, 4.69) is 0 Å². The number of hydrogen-bond donors (Lipinski definition) is 2. The van der Waals surface area contributed by atoms with E-state index >= 15 is 0 Å². The van der Waals surface area contributed by atoms with Gasteiger partial charge in [-0.15, -0.1) is 0 Å². The van der Waals surface area contributed by atoms with Crippen LogP contribution in [0.1, 0.15) is 25.8 Å². The van der Waals surface area contributed by atoms with Crippen molar-refractivity contribution in [3.63, 3.8) is 0 Å². The molecular weight excluding hydrogens is 349 g/mol. The van der Waals surface area contributed by atoms with Gasteiger partial charge >= 0.3 is 0 Å². The van der Waals surface area contributed by atoms with Gasteiger partial charge in [-0.25, -0.2) is 0 Å². The average Bonchev–Trinajstić information content (AvgIpc) is 2.33. The smallest absolute Gasteiger partial charge is 0.293 e. The Morgan fingerprint density at radius 3 is 2.61 bits per heavy atom. The van der Waals surface area contributed by atoms with Crippen molar-refractivity contribution in [2.75, 3.05) is 5.73 Å². The van der Waals surface area contributed by atoms with Crippen molar-refractivity contribution >= 4 is 39.5 Å². The van der Waals surface area contributed by atoms with Gasteiger partial charge in [0.1, 0.15) is 11.4 Å². The first kappa shape index (κ1) is 14.7. The fourth-order valence-corrected chi connectivity index (χ4v) is 2.27. The monoisotopic (exact) mass is 363 g/mol. The summed E-state index contributed by atoms with van der Waals surface area (Å²) in [5.74, 6) is 5.67. The third kappa shape index (κ3) is 2.91. The van der Waals surface area contributed by atoms with Crippen molar-refractivity contribution in [2.24, 2.45) is 5.90 Å². The maximum atomic E-state index is 10.9. The summed E-state index contributed by atoms with van der Waals surface area (Å²) >= 11 is 1.97. The molecule has 6 nitrogen and oxygen atoms in total. The van der Waals surface area contributed by atoms with E-state index in [1.165, 1.54) is 6.07 Å². The fourth-order valence-electron chi connectivity index (χ4n) is 1.66. The number of nitrogen functional groups attached to an aromatic ring is 1. The highest BCUT2D eigenvalue weighted by molar-refractivity contribution is 14.1. The molecular formula is C11H14IN3O3. The average molecular weight is 363 g/mol. The van der Waals surface area contributed by atoms with Crippen LogP contribution in [0.25, 0.3) is 5.57 Å². The van der Waals surface area contributed by atoms with E-state index in [-0.39, 0.29) is 11.4 Å². The molecule has 0 spiro atoms. The largest absolute Gasteiger partial charge is 0.416 e. The summed E-state index contributed by atoms with van der Waals surface area (Å²) in [7, 11) is 0. The lowest BCUT2D eigenvalue weighted by Crippen LogP contribution is -2.03. The molecule has 0 heterocycles. The number of anilines is 1. The first-order chi connectivity index (χ1) is 8.42. The molecule has 0 aliphatic heterocycles. The number of rotatable bonds is 4. The number of nitro benzene ring substituents is 1. The van der Waals surface area contributed by atoms with Crippen molar-refractivity contribution in [1.82, 2.24) is 0 Å². The number of nitrogens with two attached hydrogens (primary N) is 2. The number of halogens is 1. The quantitative estimate of drug-likeness (QED) is 0.281. The number of allylic oxidation sites excluding steroid dienone is 2. The normalized spacial score (nSPS) is 12.0. The van der Waals surface area contributed by atoms with Gasteiger partial charge in [0.25, 0.3) is 5.69 Å². The number of nitro groups is 1. The van der Waals surface area contributed by atoms with Gasteiger partial charge < -0.3 is 10.6 Å². The van der Waals surface area contributed by atoms with Crippen molar-refractivity contribution in [3.05, 3.63) is 37.1 Å². The molecule has 0 fully saturated rings. The van der Waals surface area contributed by atoms with Crippen LogP contribution in [0.15, 0.2) is 17.9 Å². The third-order valence-corrected chi connectivity index (χ3v) is 3.50. The molecule has 1 rings (SSSR count). The highest BCUT2D eigenvalue weighted by Crippen LogP contribution is 2.33. The molecule has 0 radical (unpaired) electrons. The van der Waals surface area contributed by atoms with E-state index in [9.17, 15) is 10.1 Å². The molecule has 0 aromatic heterocycles.